The van der Waals surface area contributed by atoms with E-state index in [1.54, 1.807) is 0 Å². The van der Waals surface area contributed by atoms with Crippen molar-refractivity contribution in [2.75, 3.05) is 0 Å². The number of hydrogen-bond acceptors (Lipinski definition) is 3. The Morgan fingerprint density at radius 2 is 1.55 bits per heavy atom. The van der Waals surface area contributed by atoms with Crippen LogP contribution in [0.3, 0.4) is 0 Å². The maximum absolute atomic E-state index is 11.6. The average molecular weight is 316 g/mol. The number of ether oxygens (including phenoxy) is 1. The molecule has 0 heterocycles. The van der Waals surface area contributed by atoms with Gasteiger partial charge in [-0.1, -0.05) is 45.4 Å². The molecule has 4 nitrogen and oxygen atoms in total. The van der Waals surface area contributed by atoms with E-state index in [1.807, 2.05) is 0 Å². The van der Waals surface area contributed by atoms with Gasteiger partial charge in [0.1, 0.15) is 5.75 Å². The van der Waals surface area contributed by atoms with E-state index < -0.39 is 5.97 Å². The second-order valence-corrected chi connectivity index (χ2v) is 5.17. The van der Waals surface area contributed by atoms with Crippen LogP contribution in [0.2, 0.25) is 0 Å². The molecule has 0 radical (unpaired) electrons. The zero-order valence-electron chi connectivity index (χ0n) is 14.6. The molecule has 5 heteroatoms. The van der Waals surface area contributed by atoms with E-state index in [0.29, 0.717) is 12.2 Å². The predicted molar refractivity (Wildman–Crippen MR) is 82.8 cm³/mol. The van der Waals surface area contributed by atoms with Gasteiger partial charge < -0.3 is 11.3 Å². The molecule has 0 fully saturated rings. The second kappa shape index (κ2) is 12.7. The number of esters is 1. The zero-order valence-corrected chi connectivity index (χ0v) is 15.6. The molecule has 1 aromatic rings. The van der Waals surface area contributed by atoms with E-state index in [1.165, 1.54) is 56.4 Å². The molecule has 0 aliphatic carbocycles. The Morgan fingerprint density at radius 3 is 2.09 bits per heavy atom. The fourth-order valence-corrected chi connectivity index (χ4v) is 2.07. The maximum atomic E-state index is 11.6. The van der Waals surface area contributed by atoms with Crippen molar-refractivity contribution in [1.82, 2.24) is 0 Å². The van der Waals surface area contributed by atoms with Gasteiger partial charge in [-0.05, 0) is 30.7 Å². The van der Waals surface area contributed by atoms with Crippen LogP contribution in [0, 0.1) is 0 Å². The monoisotopic (exact) mass is 316 g/mol. The van der Waals surface area contributed by atoms with E-state index in [4.69, 9.17) is 9.84 Å². The van der Waals surface area contributed by atoms with Crippen LogP contribution < -0.4 is 34.3 Å². The average Bonchev–Trinajstić information content (AvgIpc) is 2.47. The summed E-state index contributed by atoms with van der Waals surface area (Å²) in [6, 6.07) is 5.87. The Hall–Kier alpha value is -0.840. The van der Waals surface area contributed by atoms with E-state index in [0.717, 1.165) is 12.8 Å². The normalized spacial score (nSPS) is 9.86. The van der Waals surface area contributed by atoms with Gasteiger partial charge in [0.15, 0.2) is 0 Å². The van der Waals surface area contributed by atoms with E-state index in [2.05, 4.69) is 6.92 Å². The zero-order chi connectivity index (χ0) is 15.5. The molecule has 0 aliphatic heterocycles. The Kier molecular flexibility index (Phi) is 12.2. The molecular formula is C17H25NaO4. The van der Waals surface area contributed by atoms with Gasteiger partial charge in [0.05, 0.1) is 5.56 Å². The van der Waals surface area contributed by atoms with Crippen LogP contribution >= 0.6 is 0 Å². The molecule has 0 spiro atoms. The molecule has 0 atom stereocenters. The third-order valence-corrected chi connectivity index (χ3v) is 3.32. The number of carbonyl (C=O) groups is 2. The smallest absolute Gasteiger partial charge is 1.00 e. The van der Waals surface area contributed by atoms with Crippen molar-refractivity contribution in [2.45, 2.75) is 58.3 Å². The first-order valence-electron chi connectivity index (χ1n) is 7.67. The van der Waals surface area contributed by atoms with Gasteiger partial charge in [-0.3, -0.25) is 4.79 Å². The predicted octanol–water partition coefficient (Wildman–Crippen LogP) is 1.55. The number of benzene rings is 1. The van der Waals surface area contributed by atoms with Crippen molar-refractivity contribution in [2.24, 2.45) is 0 Å². The summed E-state index contributed by atoms with van der Waals surface area (Å²) < 4.78 is 5.16. The molecular weight excluding hydrogens is 291 g/mol. The summed E-state index contributed by atoms with van der Waals surface area (Å²) in [6.45, 7) is 2.19. The molecule has 0 aromatic heterocycles. The summed E-state index contributed by atoms with van der Waals surface area (Å²) in [7, 11) is 0. The number of carbonyl (C=O) groups excluding carboxylic acids is 1. The van der Waals surface area contributed by atoms with Gasteiger partial charge in [-0.25, -0.2) is 4.79 Å². The minimum absolute atomic E-state index is 0. The minimum Gasteiger partial charge on any atom is -1.00 e. The number of unbranched alkanes of at least 4 members (excludes halogenated alkanes) is 6. The summed E-state index contributed by atoms with van der Waals surface area (Å²) in [4.78, 5) is 22.3. The standard InChI is InChI=1S/C17H24O4.Na.H/c1-2-3-4-5-6-7-8-9-16(18)21-15-12-10-14(11-13-15)17(19)20;;/h10-13H,2-9H2,1H3,(H,19,20);;/q;+1;-1. The molecule has 0 aliphatic rings. The first-order valence-corrected chi connectivity index (χ1v) is 7.67. The Bertz CT molecular complexity index is 448. The first-order chi connectivity index (χ1) is 10.1. The summed E-state index contributed by atoms with van der Waals surface area (Å²) in [5.41, 5.74) is 0.182. The molecule has 0 saturated heterocycles. The Balaban J connectivity index is 0. The van der Waals surface area contributed by atoms with Crippen LogP contribution in [0.5, 0.6) is 5.75 Å². The van der Waals surface area contributed by atoms with Crippen LogP contribution in [0.15, 0.2) is 24.3 Å². The quantitative estimate of drug-likeness (QED) is 0.308. The molecule has 0 amide bonds. The largest absolute Gasteiger partial charge is 1.00 e. The minimum atomic E-state index is -0.990. The van der Waals surface area contributed by atoms with Crippen molar-refractivity contribution >= 4 is 11.9 Å². The summed E-state index contributed by atoms with van der Waals surface area (Å²) >= 11 is 0. The molecule has 0 saturated carbocycles. The summed E-state index contributed by atoms with van der Waals surface area (Å²) in [5.74, 6) is -0.851. The van der Waals surface area contributed by atoms with Crippen molar-refractivity contribution in [3.05, 3.63) is 29.8 Å². The van der Waals surface area contributed by atoms with Crippen LogP contribution in [0.4, 0.5) is 0 Å². The van der Waals surface area contributed by atoms with Gasteiger partial charge in [0.2, 0.25) is 0 Å². The van der Waals surface area contributed by atoms with Crippen LogP contribution in [0.25, 0.3) is 0 Å². The van der Waals surface area contributed by atoms with Crippen molar-refractivity contribution in [3.8, 4) is 5.75 Å². The number of aromatic carboxylic acids is 1. The molecule has 22 heavy (non-hydrogen) atoms. The van der Waals surface area contributed by atoms with Gasteiger partial charge in [-0.2, -0.15) is 0 Å². The van der Waals surface area contributed by atoms with Crippen LogP contribution in [-0.4, -0.2) is 17.0 Å². The molecule has 1 rings (SSSR count). The molecule has 0 bridgehead atoms. The topological polar surface area (TPSA) is 63.6 Å². The summed E-state index contributed by atoms with van der Waals surface area (Å²) in [6.07, 6.45) is 8.52. The molecule has 118 valence electrons. The van der Waals surface area contributed by atoms with E-state index in [-0.39, 0.29) is 42.5 Å². The fraction of sp³-hybridized carbons (Fsp3) is 0.529. The molecule has 1 N–H and O–H groups in total. The Morgan fingerprint density at radius 1 is 1.00 bits per heavy atom. The van der Waals surface area contributed by atoms with E-state index in [9.17, 15) is 9.59 Å². The van der Waals surface area contributed by atoms with Crippen molar-refractivity contribution in [3.63, 3.8) is 0 Å². The third-order valence-electron chi connectivity index (χ3n) is 3.32. The number of rotatable bonds is 10. The van der Waals surface area contributed by atoms with E-state index >= 15 is 0 Å². The summed E-state index contributed by atoms with van der Waals surface area (Å²) in [5, 5.41) is 8.77. The SMILES string of the molecule is CCCCCCCCCC(=O)Oc1ccc(C(=O)O)cc1.[H-].[Na+]. The van der Waals surface area contributed by atoms with Crippen molar-refractivity contribution < 1.29 is 50.4 Å². The van der Waals surface area contributed by atoms with Gasteiger partial charge in [0.25, 0.3) is 0 Å². The maximum Gasteiger partial charge on any atom is 1.00 e. The number of hydrogen-bond donors (Lipinski definition) is 1. The first kappa shape index (κ1) is 21.2. The molecule has 0 unspecified atom stereocenters. The van der Waals surface area contributed by atoms with Crippen molar-refractivity contribution in [1.29, 1.82) is 0 Å². The van der Waals surface area contributed by atoms with Crippen LogP contribution in [0.1, 0.15) is 70.1 Å². The van der Waals surface area contributed by atoms with Gasteiger partial charge in [0, 0.05) is 6.42 Å². The number of carboxylic acid groups (broad SMARTS) is 1. The number of carboxylic acids is 1. The van der Waals surface area contributed by atoms with Gasteiger partial charge >= 0.3 is 41.5 Å². The molecule has 1 aromatic carbocycles. The van der Waals surface area contributed by atoms with Gasteiger partial charge in [-0.15, -0.1) is 0 Å². The fourth-order valence-electron chi connectivity index (χ4n) is 2.07. The Labute approximate surface area is 156 Å². The third kappa shape index (κ3) is 9.23. The van der Waals surface area contributed by atoms with Crippen LogP contribution in [-0.2, 0) is 4.79 Å². The second-order valence-electron chi connectivity index (χ2n) is 5.17.